The Morgan fingerprint density at radius 1 is 0.969 bits per heavy atom. The topological polar surface area (TPSA) is 103 Å². The van der Waals surface area contributed by atoms with E-state index in [0.29, 0.717) is 11.4 Å². The van der Waals surface area contributed by atoms with E-state index in [9.17, 15) is 13.2 Å². The SMILES string of the molecule is CC(C)C(Nc1cc(C(F)(F)F)nc(-c2ccccn2)n1)c1nc(-c2cccnc2)no1. The molecule has 1 atom stereocenters. The third kappa shape index (κ3) is 4.71. The minimum atomic E-state index is -4.66. The maximum absolute atomic E-state index is 13.5. The van der Waals surface area contributed by atoms with Gasteiger partial charge in [0.2, 0.25) is 11.7 Å². The number of hydrogen-bond acceptors (Lipinski definition) is 8. The largest absolute Gasteiger partial charge is 0.433 e. The predicted octanol–water partition coefficient (Wildman–Crippen LogP) is 4.81. The van der Waals surface area contributed by atoms with Gasteiger partial charge in [-0.1, -0.05) is 25.1 Å². The molecule has 164 valence electrons. The molecule has 0 aromatic carbocycles. The summed E-state index contributed by atoms with van der Waals surface area (Å²) < 4.78 is 45.9. The molecule has 4 aromatic rings. The number of hydrogen-bond donors (Lipinski definition) is 1. The summed E-state index contributed by atoms with van der Waals surface area (Å²) in [7, 11) is 0. The number of nitrogens with one attached hydrogen (secondary N) is 1. The van der Waals surface area contributed by atoms with Crippen molar-refractivity contribution in [1.29, 1.82) is 0 Å². The quantitative estimate of drug-likeness (QED) is 0.455. The Morgan fingerprint density at radius 3 is 2.47 bits per heavy atom. The fraction of sp³-hybridized carbons (Fsp3) is 0.238. The Bertz CT molecular complexity index is 1180. The van der Waals surface area contributed by atoms with E-state index >= 15 is 0 Å². The molecule has 32 heavy (non-hydrogen) atoms. The van der Waals surface area contributed by atoms with Crippen LogP contribution in [0.4, 0.5) is 19.0 Å². The van der Waals surface area contributed by atoms with Crippen LogP contribution in [0.5, 0.6) is 0 Å². The fourth-order valence-electron chi connectivity index (χ4n) is 2.92. The van der Waals surface area contributed by atoms with E-state index in [2.05, 4.69) is 35.4 Å². The lowest BCUT2D eigenvalue weighted by molar-refractivity contribution is -0.141. The van der Waals surface area contributed by atoms with E-state index in [1.165, 1.54) is 12.3 Å². The molecule has 1 unspecified atom stereocenters. The molecular weight excluding hydrogens is 423 g/mol. The Morgan fingerprint density at radius 2 is 1.81 bits per heavy atom. The van der Waals surface area contributed by atoms with Crippen molar-refractivity contribution in [3.8, 4) is 22.9 Å². The molecule has 0 aliphatic rings. The highest BCUT2D eigenvalue weighted by Gasteiger charge is 2.34. The van der Waals surface area contributed by atoms with Crippen LogP contribution in [0.2, 0.25) is 0 Å². The van der Waals surface area contributed by atoms with Crippen molar-refractivity contribution < 1.29 is 17.7 Å². The number of alkyl halides is 3. The molecule has 1 N–H and O–H groups in total. The van der Waals surface area contributed by atoms with Gasteiger partial charge in [-0.15, -0.1) is 0 Å². The number of rotatable bonds is 6. The van der Waals surface area contributed by atoms with Gasteiger partial charge < -0.3 is 9.84 Å². The second-order valence-electron chi connectivity index (χ2n) is 7.24. The minimum absolute atomic E-state index is 0.0344. The molecule has 0 saturated carbocycles. The van der Waals surface area contributed by atoms with Crippen molar-refractivity contribution in [1.82, 2.24) is 30.1 Å². The smallest absolute Gasteiger partial charge is 0.358 e. The van der Waals surface area contributed by atoms with Crippen LogP contribution in [0.15, 0.2) is 59.5 Å². The summed E-state index contributed by atoms with van der Waals surface area (Å²) in [4.78, 5) is 20.4. The van der Waals surface area contributed by atoms with Gasteiger partial charge in [-0.05, 0) is 30.2 Å². The number of anilines is 1. The molecule has 11 heteroatoms. The third-order valence-corrected chi connectivity index (χ3v) is 4.51. The van der Waals surface area contributed by atoms with Crippen molar-refractivity contribution in [2.75, 3.05) is 5.32 Å². The minimum Gasteiger partial charge on any atom is -0.358 e. The molecule has 0 aliphatic heterocycles. The molecule has 4 rings (SSSR count). The van der Waals surface area contributed by atoms with Crippen molar-refractivity contribution in [2.24, 2.45) is 5.92 Å². The molecular formula is C21H18F3N7O. The van der Waals surface area contributed by atoms with Crippen LogP contribution in [0.25, 0.3) is 22.9 Å². The Kier molecular flexibility index (Phi) is 5.80. The number of halogens is 3. The van der Waals surface area contributed by atoms with Crippen molar-refractivity contribution >= 4 is 5.82 Å². The highest BCUT2D eigenvalue weighted by molar-refractivity contribution is 5.54. The second kappa shape index (κ2) is 8.69. The van der Waals surface area contributed by atoms with Gasteiger partial charge >= 0.3 is 6.18 Å². The second-order valence-corrected chi connectivity index (χ2v) is 7.24. The normalized spacial score (nSPS) is 12.7. The lowest BCUT2D eigenvalue weighted by Crippen LogP contribution is -2.19. The molecule has 0 spiro atoms. The van der Waals surface area contributed by atoms with E-state index in [4.69, 9.17) is 4.52 Å². The zero-order valence-electron chi connectivity index (χ0n) is 17.1. The average Bonchev–Trinajstić information content (AvgIpc) is 3.27. The fourth-order valence-corrected chi connectivity index (χ4v) is 2.92. The van der Waals surface area contributed by atoms with Crippen LogP contribution in [0.1, 0.15) is 31.5 Å². The third-order valence-electron chi connectivity index (χ3n) is 4.51. The summed E-state index contributed by atoms with van der Waals surface area (Å²) in [5.74, 6) is 0.249. The summed E-state index contributed by atoms with van der Waals surface area (Å²) in [6.07, 6.45) is 0.0106. The number of pyridine rings is 2. The maximum atomic E-state index is 13.5. The maximum Gasteiger partial charge on any atom is 0.433 e. The zero-order valence-corrected chi connectivity index (χ0v) is 17.1. The molecule has 0 saturated heterocycles. The molecule has 0 fully saturated rings. The summed E-state index contributed by atoms with van der Waals surface area (Å²) in [6, 6.07) is 8.60. The Balaban J connectivity index is 1.70. The molecule has 4 aromatic heterocycles. The zero-order chi connectivity index (χ0) is 22.7. The molecule has 0 aliphatic carbocycles. The van der Waals surface area contributed by atoms with Crippen LogP contribution in [0, 0.1) is 5.92 Å². The van der Waals surface area contributed by atoms with Crippen LogP contribution in [-0.4, -0.2) is 30.1 Å². The van der Waals surface area contributed by atoms with Crippen LogP contribution in [-0.2, 0) is 6.18 Å². The Labute approximate surface area is 181 Å². The number of nitrogens with zero attached hydrogens (tertiary/aromatic N) is 6. The van der Waals surface area contributed by atoms with Crippen molar-refractivity contribution in [2.45, 2.75) is 26.1 Å². The van der Waals surface area contributed by atoms with Gasteiger partial charge in [-0.25, -0.2) is 9.97 Å². The van der Waals surface area contributed by atoms with Gasteiger partial charge in [0.05, 0.1) is 0 Å². The van der Waals surface area contributed by atoms with Crippen molar-refractivity contribution in [3.05, 3.63) is 66.6 Å². The van der Waals surface area contributed by atoms with E-state index in [-0.39, 0.29) is 29.1 Å². The van der Waals surface area contributed by atoms with Gasteiger partial charge in [0.25, 0.3) is 0 Å². The predicted molar refractivity (Wildman–Crippen MR) is 109 cm³/mol. The monoisotopic (exact) mass is 441 g/mol. The molecule has 8 nitrogen and oxygen atoms in total. The highest BCUT2D eigenvalue weighted by Crippen LogP contribution is 2.32. The molecule has 4 heterocycles. The summed E-state index contributed by atoms with van der Waals surface area (Å²) in [5.41, 5.74) is -0.206. The lowest BCUT2D eigenvalue weighted by Gasteiger charge is -2.20. The van der Waals surface area contributed by atoms with E-state index in [1.54, 1.807) is 36.7 Å². The summed E-state index contributed by atoms with van der Waals surface area (Å²) >= 11 is 0. The Hall–Kier alpha value is -3.89. The van der Waals surface area contributed by atoms with Crippen LogP contribution >= 0.6 is 0 Å². The molecule has 0 radical (unpaired) electrons. The van der Waals surface area contributed by atoms with E-state index in [1.807, 2.05) is 13.8 Å². The van der Waals surface area contributed by atoms with E-state index in [0.717, 1.165) is 6.07 Å². The number of aromatic nitrogens is 6. The van der Waals surface area contributed by atoms with Gasteiger partial charge in [-0.2, -0.15) is 18.2 Å². The standard InChI is InChI=1S/C21H18F3N7O/c1-12(2)17(20-30-18(31-32-20)13-6-5-8-25-11-13)28-16-10-15(21(22,23)24)27-19(29-16)14-7-3-4-9-26-14/h3-12,17H,1-2H3,(H,27,28,29). The van der Waals surface area contributed by atoms with Gasteiger partial charge in [0.15, 0.2) is 11.5 Å². The van der Waals surface area contributed by atoms with Crippen molar-refractivity contribution in [3.63, 3.8) is 0 Å². The average molecular weight is 441 g/mol. The first kappa shape index (κ1) is 21.3. The summed E-state index contributed by atoms with van der Waals surface area (Å²) in [5, 5.41) is 6.96. The molecule has 0 amide bonds. The summed E-state index contributed by atoms with van der Waals surface area (Å²) in [6.45, 7) is 3.74. The lowest BCUT2D eigenvalue weighted by atomic mass is 10.0. The van der Waals surface area contributed by atoms with Crippen LogP contribution in [0.3, 0.4) is 0 Å². The first-order chi connectivity index (χ1) is 15.3. The highest BCUT2D eigenvalue weighted by atomic mass is 19.4. The van der Waals surface area contributed by atoms with Gasteiger partial charge in [-0.3, -0.25) is 9.97 Å². The molecule has 0 bridgehead atoms. The van der Waals surface area contributed by atoms with Gasteiger partial charge in [0.1, 0.15) is 17.6 Å². The first-order valence-electron chi connectivity index (χ1n) is 9.69. The van der Waals surface area contributed by atoms with Crippen LogP contribution < -0.4 is 5.32 Å². The van der Waals surface area contributed by atoms with E-state index < -0.39 is 17.9 Å². The van der Waals surface area contributed by atoms with Gasteiger partial charge in [0, 0.05) is 30.2 Å². The first-order valence-corrected chi connectivity index (χ1v) is 9.69.